The second-order valence-corrected chi connectivity index (χ2v) is 9.09. The predicted molar refractivity (Wildman–Crippen MR) is 123 cm³/mol. The van der Waals surface area contributed by atoms with Crippen molar-refractivity contribution in [1.82, 2.24) is 10.6 Å². The molecule has 1 rings (SSSR count). The van der Waals surface area contributed by atoms with Crippen molar-refractivity contribution in [1.29, 1.82) is 0 Å². The van der Waals surface area contributed by atoms with Crippen molar-refractivity contribution >= 4 is 69.7 Å². The number of hydrogen-bond acceptors (Lipinski definition) is 4. The van der Waals surface area contributed by atoms with E-state index in [4.69, 9.17) is 51.8 Å². The maximum atomic E-state index is 12.0. The first kappa shape index (κ1) is 25.8. The number of amides is 1. The maximum Gasteiger partial charge on any atom is 0.338 e. The molecule has 0 aliphatic carbocycles. The minimum absolute atomic E-state index is 0.149. The number of halogens is 3. The molecule has 29 heavy (non-hydrogen) atoms. The lowest BCUT2D eigenvalue weighted by Crippen LogP contribution is -2.56. The van der Waals surface area contributed by atoms with Crippen LogP contribution < -0.4 is 16.0 Å². The van der Waals surface area contributed by atoms with Gasteiger partial charge in [0.15, 0.2) is 5.11 Å². The first-order valence-electron chi connectivity index (χ1n) is 9.38. The van der Waals surface area contributed by atoms with E-state index in [1.807, 2.05) is 13.8 Å². The summed E-state index contributed by atoms with van der Waals surface area (Å²) in [5, 5.41) is 8.48. The highest BCUT2D eigenvalue weighted by Crippen LogP contribution is 2.29. The van der Waals surface area contributed by atoms with Crippen LogP contribution in [0.5, 0.6) is 0 Å². The highest BCUT2D eigenvalue weighted by molar-refractivity contribution is 7.80. The van der Waals surface area contributed by atoms with E-state index in [1.165, 1.54) is 0 Å². The van der Waals surface area contributed by atoms with Gasteiger partial charge in [-0.2, -0.15) is 0 Å². The Labute approximate surface area is 192 Å². The molecule has 1 aromatic rings. The summed E-state index contributed by atoms with van der Waals surface area (Å²) in [5.74, 6) is -0.624. The van der Waals surface area contributed by atoms with E-state index < -0.39 is 9.96 Å². The fraction of sp³-hybridized carbons (Fsp3) is 0.526. The van der Waals surface area contributed by atoms with E-state index >= 15 is 0 Å². The smallest absolute Gasteiger partial charge is 0.338 e. The molecule has 0 saturated carbocycles. The van der Waals surface area contributed by atoms with E-state index in [-0.39, 0.29) is 17.0 Å². The topological polar surface area (TPSA) is 79.5 Å². The van der Waals surface area contributed by atoms with Crippen LogP contribution in [0.25, 0.3) is 0 Å². The maximum absolute atomic E-state index is 12.0. The van der Waals surface area contributed by atoms with Gasteiger partial charge in [0.2, 0.25) is 9.70 Å². The van der Waals surface area contributed by atoms with Crippen molar-refractivity contribution in [3.05, 3.63) is 29.8 Å². The number of carbonyl (C=O) groups is 2. The Bertz CT molecular complexity index is 682. The largest absolute Gasteiger partial charge is 0.462 e. The third-order valence-electron chi connectivity index (χ3n) is 3.77. The van der Waals surface area contributed by atoms with Gasteiger partial charge in [-0.05, 0) is 49.3 Å². The molecule has 0 unspecified atom stereocenters. The Morgan fingerprint density at radius 2 is 1.69 bits per heavy atom. The lowest BCUT2D eigenvalue weighted by molar-refractivity contribution is -0.122. The second kappa shape index (κ2) is 13.1. The summed E-state index contributed by atoms with van der Waals surface area (Å²) in [4.78, 5) is 23.9. The molecule has 0 aliphatic heterocycles. The number of benzene rings is 1. The van der Waals surface area contributed by atoms with Gasteiger partial charge < -0.3 is 20.7 Å². The summed E-state index contributed by atoms with van der Waals surface area (Å²) < 4.78 is 3.36. The Morgan fingerprint density at radius 1 is 1.07 bits per heavy atom. The molecule has 0 aliphatic rings. The molecule has 0 saturated heterocycles. The summed E-state index contributed by atoms with van der Waals surface area (Å²) in [6.45, 7) is 4.40. The third kappa shape index (κ3) is 10.3. The van der Waals surface area contributed by atoms with Crippen LogP contribution in [0.1, 0.15) is 56.3 Å². The van der Waals surface area contributed by atoms with Gasteiger partial charge in [0, 0.05) is 12.1 Å². The molecule has 0 radical (unpaired) electrons. The molecule has 10 heteroatoms. The van der Waals surface area contributed by atoms with Crippen molar-refractivity contribution in [2.75, 3.05) is 11.9 Å². The van der Waals surface area contributed by atoms with Gasteiger partial charge in [-0.1, -0.05) is 61.5 Å². The number of rotatable bonds is 10. The zero-order valence-electron chi connectivity index (χ0n) is 16.4. The van der Waals surface area contributed by atoms with Gasteiger partial charge >= 0.3 is 5.97 Å². The molecule has 3 N–H and O–H groups in total. The normalized spacial score (nSPS) is 12.0. The van der Waals surface area contributed by atoms with Gasteiger partial charge in [-0.25, -0.2) is 4.79 Å². The van der Waals surface area contributed by atoms with E-state index in [2.05, 4.69) is 16.0 Å². The SMILES string of the molecule is CCCCOC(=O)c1ccc(NC(=S)N[C@H](NC(=O)CCCC)C(Cl)(Cl)Cl)cc1. The number of carbonyl (C=O) groups excluding carboxylic acids is 2. The number of thiocarbonyl (C=S) groups is 1. The number of hydrogen-bond donors (Lipinski definition) is 3. The number of nitrogens with one attached hydrogen (secondary N) is 3. The van der Waals surface area contributed by atoms with Gasteiger partial charge in [-0.3, -0.25) is 4.79 Å². The molecular weight excluding hydrogens is 457 g/mol. The number of unbranched alkanes of at least 4 members (excludes halogenated alkanes) is 2. The van der Waals surface area contributed by atoms with E-state index in [0.29, 0.717) is 24.3 Å². The van der Waals surface area contributed by atoms with Crippen LogP contribution in [0, 0.1) is 0 Å². The standard InChI is InChI=1S/C19H26Cl3N3O3S/c1-3-5-7-15(26)24-17(19(20,21)22)25-18(29)23-14-10-8-13(9-11-14)16(27)28-12-6-4-2/h8-11,17H,3-7,12H2,1-2H3,(H,24,26)(H2,23,25,29)/t17-/m0/s1. The van der Waals surface area contributed by atoms with Crippen LogP contribution in [-0.2, 0) is 9.53 Å². The van der Waals surface area contributed by atoms with E-state index in [0.717, 1.165) is 25.7 Å². The third-order valence-corrected chi connectivity index (χ3v) is 4.65. The van der Waals surface area contributed by atoms with Crippen molar-refractivity contribution < 1.29 is 14.3 Å². The Kier molecular flexibility index (Phi) is 11.6. The molecule has 0 bridgehead atoms. The Hall–Kier alpha value is -1.28. The lowest BCUT2D eigenvalue weighted by Gasteiger charge is -2.27. The molecular formula is C19H26Cl3N3O3S. The van der Waals surface area contributed by atoms with Crippen LogP contribution >= 0.6 is 47.0 Å². The van der Waals surface area contributed by atoms with Crippen LogP contribution in [0.2, 0.25) is 0 Å². The van der Waals surface area contributed by atoms with Crippen LogP contribution in [0.15, 0.2) is 24.3 Å². The fourth-order valence-electron chi connectivity index (χ4n) is 2.15. The van der Waals surface area contributed by atoms with Gasteiger partial charge in [0.25, 0.3) is 0 Å². The van der Waals surface area contributed by atoms with Crippen molar-refractivity contribution in [3.63, 3.8) is 0 Å². The predicted octanol–water partition coefficient (Wildman–Crippen LogP) is 4.93. The zero-order valence-corrected chi connectivity index (χ0v) is 19.5. The number of anilines is 1. The minimum atomic E-state index is -1.81. The van der Waals surface area contributed by atoms with E-state index in [1.54, 1.807) is 24.3 Å². The molecule has 1 atom stereocenters. The average molecular weight is 483 g/mol. The first-order chi connectivity index (χ1) is 13.7. The average Bonchev–Trinajstić information content (AvgIpc) is 2.65. The molecule has 0 heterocycles. The summed E-state index contributed by atoms with van der Waals surface area (Å²) in [6, 6.07) is 6.60. The molecule has 1 aromatic carbocycles. The Morgan fingerprint density at radius 3 is 2.24 bits per heavy atom. The first-order valence-corrected chi connectivity index (χ1v) is 10.9. The van der Waals surface area contributed by atoms with E-state index in [9.17, 15) is 9.59 Å². The molecule has 0 spiro atoms. The number of ether oxygens (including phenoxy) is 1. The summed E-state index contributed by atoms with van der Waals surface area (Å²) >= 11 is 23.1. The number of alkyl halides is 3. The van der Waals surface area contributed by atoms with Crippen LogP contribution in [-0.4, -0.2) is 33.6 Å². The molecule has 6 nitrogen and oxygen atoms in total. The highest BCUT2D eigenvalue weighted by atomic mass is 35.6. The van der Waals surface area contributed by atoms with Crippen LogP contribution in [0.4, 0.5) is 5.69 Å². The highest BCUT2D eigenvalue weighted by Gasteiger charge is 2.34. The molecule has 162 valence electrons. The molecule has 0 fully saturated rings. The van der Waals surface area contributed by atoms with Crippen LogP contribution in [0.3, 0.4) is 0 Å². The number of esters is 1. The second-order valence-electron chi connectivity index (χ2n) is 6.31. The van der Waals surface area contributed by atoms with Gasteiger partial charge in [0.05, 0.1) is 12.2 Å². The fourth-order valence-corrected chi connectivity index (χ4v) is 2.71. The summed E-state index contributed by atoms with van der Waals surface area (Å²) in [6.07, 6.45) is 2.70. The zero-order chi connectivity index (χ0) is 21.9. The summed E-state index contributed by atoms with van der Waals surface area (Å²) in [7, 11) is 0. The van der Waals surface area contributed by atoms with Crippen molar-refractivity contribution in [2.45, 2.75) is 55.9 Å². The van der Waals surface area contributed by atoms with Gasteiger partial charge in [-0.15, -0.1) is 0 Å². The lowest BCUT2D eigenvalue weighted by atomic mass is 10.2. The monoisotopic (exact) mass is 481 g/mol. The van der Waals surface area contributed by atoms with Crippen molar-refractivity contribution in [2.24, 2.45) is 0 Å². The molecule has 1 amide bonds. The van der Waals surface area contributed by atoms with Crippen molar-refractivity contribution in [3.8, 4) is 0 Å². The quantitative estimate of drug-likeness (QED) is 0.144. The minimum Gasteiger partial charge on any atom is -0.462 e. The van der Waals surface area contributed by atoms with Gasteiger partial charge in [0.1, 0.15) is 6.17 Å². The molecule has 0 aromatic heterocycles. The Balaban J connectivity index is 2.64. The summed E-state index contributed by atoms with van der Waals surface area (Å²) in [5.41, 5.74) is 1.06.